The topological polar surface area (TPSA) is 63.5 Å². The maximum Gasteiger partial charge on any atom is 0.435 e. The molecule has 0 aliphatic carbocycles. The Kier molecular flexibility index (Phi) is 7.81. The molecular formula is C22H21ClF5N5O2S. The molecule has 0 N–H and O–H groups in total. The van der Waals surface area contributed by atoms with Crippen LogP contribution in [-0.4, -0.2) is 56.7 Å². The first-order chi connectivity index (χ1) is 17.0. The predicted molar refractivity (Wildman–Crippen MR) is 122 cm³/mol. The first-order valence-electron chi connectivity index (χ1n) is 10.8. The summed E-state index contributed by atoms with van der Waals surface area (Å²) in [5.41, 5.74) is -0.562. The SMILES string of the molecule is Cc1sc(CN2CCN(C(=O)Cn3nc(C(F)(F)F)cc3Cl)CC2)nc1COc1c(F)cccc1F. The lowest BCUT2D eigenvalue weighted by atomic mass is 10.3. The fourth-order valence-corrected chi connectivity index (χ4v) is 4.85. The van der Waals surface area contributed by atoms with Gasteiger partial charge in [0.25, 0.3) is 0 Å². The monoisotopic (exact) mass is 549 g/mol. The second kappa shape index (κ2) is 10.7. The van der Waals surface area contributed by atoms with Gasteiger partial charge in [0.15, 0.2) is 23.1 Å². The van der Waals surface area contributed by atoms with Crippen molar-refractivity contribution in [1.29, 1.82) is 0 Å². The van der Waals surface area contributed by atoms with Crippen LogP contribution in [0.3, 0.4) is 0 Å². The van der Waals surface area contributed by atoms with Crippen molar-refractivity contribution < 1.29 is 31.5 Å². The lowest BCUT2D eigenvalue weighted by molar-refractivity contribution is -0.142. The molecule has 194 valence electrons. The van der Waals surface area contributed by atoms with Crippen LogP contribution in [0.1, 0.15) is 21.3 Å². The van der Waals surface area contributed by atoms with Crippen molar-refractivity contribution in [3.8, 4) is 5.75 Å². The number of nitrogens with zero attached hydrogens (tertiary/aromatic N) is 5. The van der Waals surface area contributed by atoms with E-state index in [9.17, 15) is 26.7 Å². The molecule has 1 fully saturated rings. The minimum Gasteiger partial charge on any atom is -0.481 e. The summed E-state index contributed by atoms with van der Waals surface area (Å²) in [5.74, 6) is -2.39. The highest BCUT2D eigenvalue weighted by molar-refractivity contribution is 7.11. The van der Waals surface area contributed by atoms with Crippen LogP contribution in [0.4, 0.5) is 22.0 Å². The van der Waals surface area contributed by atoms with Crippen molar-refractivity contribution in [3.05, 3.63) is 62.3 Å². The van der Waals surface area contributed by atoms with Gasteiger partial charge in [-0.25, -0.2) is 18.4 Å². The third kappa shape index (κ3) is 6.13. The summed E-state index contributed by atoms with van der Waals surface area (Å²) in [6, 6.07) is 4.18. The maximum absolute atomic E-state index is 13.8. The number of alkyl halides is 3. The Morgan fingerprint density at radius 3 is 2.44 bits per heavy atom. The molecule has 0 unspecified atom stereocenters. The maximum atomic E-state index is 13.8. The molecule has 1 aliphatic rings. The number of carbonyl (C=O) groups is 1. The molecule has 4 rings (SSSR count). The Balaban J connectivity index is 1.28. The van der Waals surface area contributed by atoms with Gasteiger partial charge in [0, 0.05) is 37.1 Å². The number of aryl methyl sites for hydroxylation is 1. The molecule has 1 amide bonds. The highest BCUT2D eigenvalue weighted by Gasteiger charge is 2.35. The van der Waals surface area contributed by atoms with Gasteiger partial charge in [-0.05, 0) is 19.1 Å². The number of rotatable bonds is 7. The van der Waals surface area contributed by atoms with Crippen LogP contribution in [0.2, 0.25) is 5.15 Å². The van der Waals surface area contributed by atoms with Gasteiger partial charge >= 0.3 is 6.18 Å². The van der Waals surface area contributed by atoms with E-state index in [4.69, 9.17) is 16.3 Å². The number of piperazine rings is 1. The number of thiazole rings is 1. The summed E-state index contributed by atoms with van der Waals surface area (Å²) >= 11 is 7.25. The lowest BCUT2D eigenvalue weighted by Gasteiger charge is -2.34. The fourth-order valence-electron chi connectivity index (χ4n) is 3.67. The van der Waals surface area contributed by atoms with Gasteiger partial charge in [-0.1, -0.05) is 17.7 Å². The Hall–Kier alpha value is -2.77. The van der Waals surface area contributed by atoms with E-state index < -0.39 is 29.3 Å². The molecule has 0 spiro atoms. The molecule has 1 aromatic carbocycles. The standard InChI is InChI=1S/C22H21ClF5N5O2S/c1-13-16(12-35-21-14(24)3-2-4-15(21)25)29-19(36-13)10-31-5-7-32(8-6-31)20(34)11-33-18(23)9-17(30-33)22(26,27)28/h2-4,9H,5-8,10-12H2,1H3. The van der Waals surface area contributed by atoms with E-state index in [0.29, 0.717) is 44.5 Å². The fraction of sp³-hybridized carbons (Fsp3) is 0.409. The molecule has 0 radical (unpaired) electrons. The molecule has 2 aromatic heterocycles. The van der Waals surface area contributed by atoms with Crippen LogP contribution in [0.25, 0.3) is 0 Å². The molecule has 14 heteroatoms. The van der Waals surface area contributed by atoms with E-state index in [1.807, 2.05) is 6.92 Å². The summed E-state index contributed by atoms with van der Waals surface area (Å²) in [6.45, 7) is 3.75. The summed E-state index contributed by atoms with van der Waals surface area (Å²) in [6.07, 6.45) is -4.64. The Bertz CT molecular complexity index is 1220. The molecule has 36 heavy (non-hydrogen) atoms. The van der Waals surface area contributed by atoms with E-state index >= 15 is 0 Å². The van der Waals surface area contributed by atoms with Gasteiger partial charge in [-0.2, -0.15) is 18.3 Å². The van der Waals surface area contributed by atoms with E-state index in [-0.39, 0.29) is 24.2 Å². The predicted octanol–water partition coefficient (Wildman–Crippen LogP) is 4.52. The number of benzene rings is 1. The first-order valence-corrected chi connectivity index (χ1v) is 12.0. The number of hydrogen-bond acceptors (Lipinski definition) is 6. The van der Waals surface area contributed by atoms with E-state index in [1.54, 1.807) is 4.90 Å². The van der Waals surface area contributed by atoms with Crippen molar-refractivity contribution in [2.24, 2.45) is 0 Å². The summed E-state index contributed by atoms with van der Waals surface area (Å²) in [4.78, 5) is 21.6. The van der Waals surface area contributed by atoms with Crippen molar-refractivity contribution in [2.75, 3.05) is 26.2 Å². The Morgan fingerprint density at radius 2 is 1.83 bits per heavy atom. The molecule has 7 nitrogen and oxygen atoms in total. The molecule has 1 aliphatic heterocycles. The molecular weight excluding hydrogens is 529 g/mol. The average Bonchev–Trinajstić information content (AvgIpc) is 3.35. The van der Waals surface area contributed by atoms with E-state index in [1.165, 1.54) is 17.4 Å². The first kappa shape index (κ1) is 26.3. The third-order valence-electron chi connectivity index (χ3n) is 5.60. The molecule has 0 bridgehead atoms. The van der Waals surface area contributed by atoms with Crippen LogP contribution in [0.15, 0.2) is 24.3 Å². The summed E-state index contributed by atoms with van der Waals surface area (Å²) < 4.78 is 72.1. The third-order valence-corrected chi connectivity index (χ3v) is 6.90. The highest BCUT2D eigenvalue weighted by Crippen LogP contribution is 2.30. The number of halogens is 6. The normalized spacial score (nSPS) is 14.9. The average molecular weight is 550 g/mol. The van der Waals surface area contributed by atoms with Gasteiger partial charge < -0.3 is 9.64 Å². The van der Waals surface area contributed by atoms with Gasteiger partial charge in [0.05, 0.1) is 12.2 Å². The molecule has 3 heterocycles. The van der Waals surface area contributed by atoms with Gasteiger partial charge in [-0.15, -0.1) is 11.3 Å². The minimum atomic E-state index is -4.64. The van der Waals surface area contributed by atoms with E-state index in [2.05, 4.69) is 15.0 Å². The van der Waals surface area contributed by atoms with Crippen molar-refractivity contribution in [2.45, 2.75) is 32.8 Å². The van der Waals surface area contributed by atoms with Crippen molar-refractivity contribution >= 4 is 28.8 Å². The molecule has 3 aromatic rings. The van der Waals surface area contributed by atoms with Crippen LogP contribution in [-0.2, 0) is 30.7 Å². The largest absolute Gasteiger partial charge is 0.481 e. The zero-order chi connectivity index (χ0) is 26.0. The minimum absolute atomic E-state index is 0.0749. The number of ether oxygens (including phenoxy) is 1. The second-order valence-electron chi connectivity index (χ2n) is 8.11. The lowest BCUT2D eigenvalue weighted by Crippen LogP contribution is -2.49. The summed E-state index contributed by atoms with van der Waals surface area (Å²) in [7, 11) is 0. The second-order valence-corrected chi connectivity index (χ2v) is 9.79. The quantitative estimate of drug-likeness (QED) is 0.406. The molecule has 0 atom stereocenters. The van der Waals surface area contributed by atoms with Gasteiger partial charge in [-0.3, -0.25) is 9.69 Å². The zero-order valence-electron chi connectivity index (χ0n) is 19.0. The number of hydrogen-bond donors (Lipinski definition) is 0. The van der Waals surface area contributed by atoms with Crippen LogP contribution in [0, 0.1) is 18.6 Å². The number of aromatic nitrogens is 3. The smallest absolute Gasteiger partial charge is 0.435 e. The van der Waals surface area contributed by atoms with Crippen molar-refractivity contribution in [3.63, 3.8) is 0 Å². The zero-order valence-corrected chi connectivity index (χ0v) is 20.6. The van der Waals surface area contributed by atoms with Gasteiger partial charge in [0.1, 0.15) is 23.3 Å². The van der Waals surface area contributed by atoms with Gasteiger partial charge in [0.2, 0.25) is 5.91 Å². The van der Waals surface area contributed by atoms with E-state index in [0.717, 1.165) is 26.7 Å². The van der Waals surface area contributed by atoms with Crippen LogP contribution >= 0.6 is 22.9 Å². The van der Waals surface area contributed by atoms with Crippen molar-refractivity contribution in [1.82, 2.24) is 24.6 Å². The number of carbonyl (C=O) groups excluding carboxylic acids is 1. The van der Waals surface area contributed by atoms with Crippen LogP contribution < -0.4 is 4.74 Å². The Morgan fingerprint density at radius 1 is 1.17 bits per heavy atom. The number of para-hydroxylation sites is 1. The summed E-state index contributed by atoms with van der Waals surface area (Å²) in [5, 5.41) is 3.92. The van der Waals surface area contributed by atoms with Crippen LogP contribution in [0.5, 0.6) is 5.75 Å². The Labute approximate surface area is 212 Å². The molecule has 1 saturated heterocycles. The molecule has 0 saturated carbocycles. The number of amides is 1. The highest BCUT2D eigenvalue weighted by atomic mass is 35.5.